The van der Waals surface area contributed by atoms with E-state index in [1.165, 1.54) is 6.42 Å². The summed E-state index contributed by atoms with van der Waals surface area (Å²) < 4.78 is 0. The van der Waals surface area contributed by atoms with Gasteiger partial charge in [0.15, 0.2) is 0 Å². The van der Waals surface area contributed by atoms with Crippen molar-refractivity contribution in [2.75, 3.05) is 19.6 Å². The van der Waals surface area contributed by atoms with Crippen molar-refractivity contribution in [3.05, 3.63) is 0 Å². The summed E-state index contributed by atoms with van der Waals surface area (Å²) in [6.07, 6.45) is 6.05. The summed E-state index contributed by atoms with van der Waals surface area (Å²) in [6, 6.07) is -0.107. The Morgan fingerprint density at radius 1 is 1.25 bits per heavy atom. The molecule has 2 N–H and O–H groups in total. The molecule has 5 nitrogen and oxygen atoms in total. The smallest absolute Gasteiger partial charge is 0.244 e. The Kier molecular flexibility index (Phi) is 7.30. The number of carbonyl (C=O) groups is 2. The molecule has 0 aromatic carbocycles. The second-order valence-corrected chi connectivity index (χ2v) is 5.67. The number of carbonyl (C=O) groups excluding carboxylic acids is 2. The van der Waals surface area contributed by atoms with E-state index in [9.17, 15) is 9.59 Å². The zero-order valence-corrected chi connectivity index (χ0v) is 13.0. The molecule has 2 rings (SSSR count). The van der Waals surface area contributed by atoms with E-state index >= 15 is 0 Å². The van der Waals surface area contributed by atoms with Crippen molar-refractivity contribution in [3.8, 4) is 0 Å². The first kappa shape index (κ1) is 17.2. The molecule has 2 unspecified atom stereocenters. The van der Waals surface area contributed by atoms with Crippen molar-refractivity contribution in [2.24, 2.45) is 0 Å². The molecule has 2 atom stereocenters. The van der Waals surface area contributed by atoms with Gasteiger partial charge in [-0.2, -0.15) is 0 Å². The highest BCUT2D eigenvalue weighted by Crippen LogP contribution is 2.11. The number of halogens is 1. The number of piperidine rings is 1. The third kappa shape index (κ3) is 4.94. The molecule has 0 aliphatic carbocycles. The van der Waals surface area contributed by atoms with E-state index in [-0.39, 0.29) is 30.3 Å². The van der Waals surface area contributed by atoms with Crippen LogP contribution in [0.25, 0.3) is 0 Å². The van der Waals surface area contributed by atoms with Crippen molar-refractivity contribution in [3.63, 3.8) is 0 Å². The lowest BCUT2D eigenvalue weighted by Gasteiger charge is -2.29. The Morgan fingerprint density at radius 2 is 1.95 bits per heavy atom. The molecule has 0 bridgehead atoms. The maximum Gasteiger partial charge on any atom is 0.244 e. The predicted molar refractivity (Wildman–Crippen MR) is 80.9 cm³/mol. The molecule has 2 aliphatic heterocycles. The summed E-state index contributed by atoms with van der Waals surface area (Å²) in [4.78, 5) is 25.9. The maximum absolute atomic E-state index is 12.2. The van der Waals surface area contributed by atoms with Crippen molar-refractivity contribution < 1.29 is 9.59 Å². The summed E-state index contributed by atoms with van der Waals surface area (Å²) in [5, 5.41) is 6.13. The lowest BCUT2D eigenvalue weighted by atomic mass is 10.1. The van der Waals surface area contributed by atoms with Gasteiger partial charge in [0.25, 0.3) is 0 Å². The molecule has 0 spiro atoms. The summed E-state index contributed by atoms with van der Waals surface area (Å²) >= 11 is 0. The lowest BCUT2D eigenvalue weighted by Crippen LogP contribution is -2.49. The van der Waals surface area contributed by atoms with Crippen molar-refractivity contribution in [2.45, 2.75) is 57.5 Å². The summed E-state index contributed by atoms with van der Waals surface area (Å²) in [6.45, 7) is 4.46. The normalized spacial score (nSPS) is 23.9. The van der Waals surface area contributed by atoms with E-state index in [1.807, 2.05) is 4.90 Å². The molecular weight excluding hydrogens is 278 g/mol. The van der Waals surface area contributed by atoms with E-state index in [0.29, 0.717) is 6.42 Å². The quantitative estimate of drug-likeness (QED) is 0.816. The first-order valence-electron chi connectivity index (χ1n) is 7.48. The van der Waals surface area contributed by atoms with Gasteiger partial charge in [0.2, 0.25) is 11.8 Å². The van der Waals surface area contributed by atoms with Gasteiger partial charge >= 0.3 is 0 Å². The van der Waals surface area contributed by atoms with Crippen molar-refractivity contribution >= 4 is 24.2 Å². The standard InChI is InChI=1S/C14H25N3O2.ClH/c1-11(14(19)17-8-3-2-4-9-17)16-13(18)10-12-6-5-7-15-12;/h11-12,15H,2-10H2,1H3,(H,16,18);1H. The minimum absolute atomic E-state index is 0. The molecule has 2 aliphatic rings. The molecule has 2 heterocycles. The Morgan fingerprint density at radius 3 is 2.55 bits per heavy atom. The van der Waals surface area contributed by atoms with Crippen LogP contribution in [0, 0.1) is 0 Å². The van der Waals surface area contributed by atoms with E-state index in [4.69, 9.17) is 0 Å². The van der Waals surface area contributed by atoms with Crippen LogP contribution in [0.15, 0.2) is 0 Å². The molecular formula is C14H26ClN3O2. The van der Waals surface area contributed by atoms with Crippen LogP contribution >= 0.6 is 12.4 Å². The average Bonchev–Trinajstić information content (AvgIpc) is 2.91. The summed E-state index contributed by atoms with van der Waals surface area (Å²) in [5.74, 6) is 0.0460. The van der Waals surface area contributed by atoms with Crippen LogP contribution in [0.2, 0.25) is 0 Å². The fourth-order valence-corrected chi connectivity index (χ4v) is 2.91. The van der Waals surface area contributed by atoms with Gasteiger partial charge in [0.1, 0.15) is 6.04 Å². The van der Waals surface area contributed by atoms with E-state index < -0.39 is 6.04 Å². The molecule has 0 aromatic heterocycles. The summed E-state index contributed by atoms with van der Waals surface area (Å²) in [7, 11) is 0. The van der Waals surface area contributed by atoms with Crippen LogP contribution in [0.3, 0.4) is 0 Å². The highest BCUT2D eigenvalue weighted by Gasteiger charge is 2.24. The van der Waals surface area contributed by atoms with Crippen LogP contribution in [0.1, 0.15) is 45.4 Å². The Hall–Kier alpha value is -0.810. The zero-order chi connectivity index (χ0) is 13.7. The van der Waals surface area contributed by atoms with Crippen molar-refractivity contribution in [1.82, 2.24) is 15.5 Å². The van der Waals surface area contributed by atoms with Gasteiger partial charge in [0.05, 0.1) is 0 Å². The highest BCUT2D eigenvalue weighted by molar-refractivity contribution is 5.87. The van der Waals surface area contributed by atoms with Crippen LogP contribution in [-0.2, 0) is 9.59 Å². The van der Waals surface area contributed by atoms with Gasteiger partial charge < -0.3 is 15.5 Å². The highest BCUT2D eigenvalue weighted by atomic mass is 35.5. The Labute approximate surface area is 127 Å². The minimum atomic E-state index is -0.396. The molecule has 0 saturated carbocycles. The van der Waals surface area contributed by atoms with Crippen LogP contribution in [-0.4, -0.2) is 48.4 Å². The van der Waals surface area contributed by atoms with Crippen LogP contribution < -0.4 is 10.6 Å². The number of amides is 2. The van der Waals surface area contributed by atoms with Gasteiger partial charge in [-0.1, -0.05) is 0 Å². The Bertz CT molecular complexity index is 326. The number of nitrogens with zero attached hydrogens (tertiary/aromatic N) is 1. The van der Waals surface area contributed by atoms with Gasteiger partial charge in [-0.05, 0) is 45.6 Å². The van der Waals surface area contributed by atoms with E-state index in [0.717, 1.165) is 45.3 Å². The lowest BCUT2D eigenvalue weighted by molar-refractivity contribution is -0.136. The molecule has 6 heteroatoms. The number of likely N-dealkylation sites (tertiary alicyclic amines) is 1. The first-order valence-corrected chi connectivity index (χ1v) is 7.48. The minimum Gasteiger partial charge on any atom is -0.345 e. The average molecular weight is 304 g/mol. The maximum atomic E-state index is 12.2. The molecule has 2 fully saturated rings. The third-order valence-corrected chi connectivity index (χ3v) is 4.01. The van der Waals surface area contributed by atoms with Crippen LogP contribution in [0.4, 0.5) is 0 Å². The van der Waals surface area contributed by atoms with Gasteiger partial charge in [0, 0.05) is 25.6 Å². The van der Waals surface area contributed by atoms with Crippen LogP contribution in [0.5, 0.6) is 0 Å². The number of nitrogens with one attached hydrogen (secondary N) is 2. The monoisotopic (exact) mass is 303 g/mol. The summed E-state index contributed by atoms with van der Waals surface area (Å²) in [5.41, 5.74) is 0. The Balaban J connectivity index is 0.00000200. The fraction of sp³-hybridized carbons (Fsp3) is 0.857. The van der Waals surface area contributed by atoms with Gasteiger partial charge in [-0.25, -0.2) is 0 Å². The second kappa shape index (κ2) is 8.47. The van der Waals surface area contributed by atoms with E-state index in [1.54, 1.807) is 6.92 Å². The molecule has 2 saturated heterocycles. The number of rotatable bonds is 4. The van der Waals surface area contributed by atoms with Crippen molar-refractivity contribution in [1.29, 1.82) is 0 Å². The van der Waals surface area contributed by atoms with Gasteiger partial charge in [-0.15, -0.1) is 12.4 Å². The number of hydrogen-bond acceptors (Lipinski definition) is 3. The molecule has 20 heavy (non-hydrogen) atoms. The zero-order valence-electron chi connectivity index (χ0n) is 12.2. The predicted octanol–water partition coefficient (Wildman–Crippen LogP) is 1.07. The topological polar surface area (TPSA) is 61.4 Å². The largest absolute Gasteiger partial charge is 0.345 e. The van der Waals surface area contributed by atoms with E-state index in [2.05, 4.69) is 10.6 Å². The van der Waals surface area contributed by atoms with Gasteiger partial charge in [-0.3, -0.25) is 9.59 Å². The first-order chi connectivity index (χ1) is 9.16. The third-order valence-electron chi connectivity index (χ3n) is 4.01. The molecule has 2 amide bonds. The molecule has 116 valence electrons. The fourth-order valence-electron chi connectivity index (χ4n) is 2.91. The molecule has 0 radical (unpaired) electrons. The second-order valence-electron chi connectivity index (χ2n) is 5.67. The number of hydrogen-bond donors (Lipinski definition) is 2. The molecule has 0 aromatic rings. The SMILES string of the molecule is CC(NC(=O)CC1CCCN1)C(=O)N1CCCCC1.Cl.